The minimum absolute atomic E-state index is 0.144. The Morgan fingerprint density at radius 2 is 2.10 bits per heavy atom. The number of rotatable bonds is 3. The van der Waals surface area contributed by atoms with Crippen molar-refractivity contribution in [2.75, 3.05) is 18.5 Å². The normalized spacial score (nSPS) is 13.9. The maximum absolute atomic E-state index is 11.7. The Hall–Kier alpha value is -2.14. The number of fused-ring (bicyclic) bond motifs is 1. The van der Waals surface area contributed by atoms with Gasteiger partial charge in [-0.2, -0.15) is 5.10 Å². The molecule has 3 rings (SSSR count). The second kappa shape index (κ2) is 4.76. The summed E-state index contributed by atoms with van der Waals surface area (Å²) in [5.74, 6) is 0.144. The first-order valence-electron chi connectivity index (χ1n) is 6.73. The number of nitrogens with zero attached hydrogens (tertiary/aromatic N) is 3. The highest BCUT2D eigenvalue weighted by Gasteiger charge is 2.24. The summed E-state index contributed by atoms with van der Waals surface area (Å²) in [5.41, 5.74) is 10.8. The second-order valence-electron chi connectivity index (χ2n) is 5.16. The van der Waals surface area contributed by atoms with Crippen molar-refractivity contribution in [1.82, 2.24) is 9.78 Å². The first kappa shape index (κ1) is 12.9. The maximum atomic E-state index is 11.7. The number of hydrogen-bond acceptors (Lipinski definition) is 3. The number of anilines is 1. The van der Waals surface area contributed by atoms with Crippen LogP contribution in [0.5, 0.6) is 0 Å². The minimum Gasteiger partial charge on any atom is -0.330 e. The number of hydrogen-bond donors (Lipinski definition) is 1. The van der Waals surface area contributed by atoms with Crippen molar-refractivity contribution in [3.63, 3.8) is 0 Å². The SMILES string of the molecule is CN1C(=O)Cc2cc(-c3cc(CCN)nn3C)ccc21. The molecule has 1 aromatic carbocycles. The van der Waals surface area contributed by atoms with Crippen LogP contribution in [-0.4, -0.2) is 29.3 Å². The second-order valence-corrected chi connectivity index (χ2v) is 5.16. The summed E-state index contributed by atoms with van der Waals surface area (Å²) in [6.45, 7) is 0.597. The predicted octanol–water partition coefficient (Wildman–Crippen LogP) is 1.11. The molecule has 0 atom stereocenters. The summed E-state index contributed by atoms with van der Waals surface area (Å²) in [6, 6.07) is 8.19. The third kappa shape index (κ3) is 2.00. The fourth-order valence-electron chi connectivity index (χ4n) is 2.70. The Morgan fingerprint density at radius 3 is 2.85 bits per heavy atom. The van der Waals surface area contributed by atoms with E-state index in [1.807, 2.05) is 30.9 Å². The molecule has 1 aliphatic rings. The summed E-state index contributed by atoms with van der Waals surface area (Å²) in [7, 11) is 3.75. The lowest BCUT2D eigenvalue weighted by Crippen LogP contribution is -2.20. The van der Waals surface area contributed by atoms with Crippen molar-refractivity contribution >= 4 is 11.6 Å². The fraction of sp³-hybridized carbons (Fsp3) is 0.333. The van der Waals surface area contributed by atoms with Crippen molar-refractivity contribution in [1.29, 1.82) is 0 Å². The van der Waals surface area contributed by atoms with E-state index in [0.29, 0.717) is 13.0 Å². The van der Waals surface area contributed by atoms with Gasteiger partial charge in [-0.15, -0.1) is 0 Å². The van der Waals surface area contributed by atoms with E-state index in [0.717, 1.165) is 34.6 Å². The fourth-order valence-corrected chi connectivity index (χ4v) is 2.70. The molecular formula is C15H18N4O. The van der Waals surface area contributed by atoms with Gasteiger partial charge in [-0.1, -0.05) is 6.07 Å². The molecule has 0 saturated carbocycles. The van der Waals surface area contributed by atoms with E-state index in [9.17, 15) is 4.79 Å². The quantitative estimate of drug-likeness (QED) is 0.908. The Morgan fingerprint density at radius 1 is 1.30 bits per heavy atom. The molecule has 0 unspecified atom stereocenters. The number of amides is 1. The first-order valence-corrected chi connectivity index (χ1v) is 6.73. The zero-order chi connectivity index (χ0) is 14.3. The average Bonchev–Trinajstić information content (AvgIpc) is 2.91. The summed E-state index contributed by atoms with van der Waals surface area (Å²) in [5, 5.41) is 4.46. The number of aromatic nitrogens is 2. The molecule has 0 fully saturated rings. The largest absolute Gasteiger partial charge is 0.330 e. The van der Waals surface area contributed by atoms with E-state index in [1.54, 1.807) is 4.90 Å². The van der Waals surface area contributed by atoms with Gasteiger partial charge in [0.05, 0.1) is 17.8 Å². The molecule has 0 bridgehead atoms. The molecule has 20 heavy (non-hydrogen) atoms. The number of likely N-dealkylation sites (N-methyl/N-ethyl adjacent to an activating group) is 1. The van der Waals surface area contributed by atoms with Gasteiger partial charge in [-0.25, -0.2) is 0 Å². The highest BCUT2D eigenvalue weighted by atomic mass is 16.2. The Bertz CT molecular complexity index is 675. The molecule has 1 aliphatic heterocycles. The lowest BCUT2D eigenvalue weighted by atomic mass is 10.1. The van der Waals surface area contributed by atoms with Crippen molar-refractivity contribution in [3.8, 4) is 11.3 Å². The van der Waals surface area contributed by atoms with E-state index < -0.39 is 0 Å². The van der Waals surface area contributed by atoms with E-state index in [2.05, 4.69) is 17.2 Å². The van der Waals surface area contributed by atoms with Gasteiger partial charge in [0.1, 0.15) is 0 Å². The van der Waals surface area contributed by atoms with Gasteiger partial charge in [0.2, 0.25) is 5.91 Å². The zero-order valence-electron chi connectivity index (χ0n) is 11.8. The molecule has 0 radical (unpaired) electrons. The van der Waals surface area contributed by atoms with Crippen LogP contribution in [-0.2, 0) is 24.7 Å². The Balaban J connectivity index is 2.00. The minimum atomic E-state index is 0.144. The van der Waals surface area contributed by atoms with Crippen LogP contribution in [0, 0.1) is 0 Å². The zero-order valence-corrected chi connectivity index (χ0v) is 11.8. The molecule has 2 N–H and O–H groups in total. The van der Waals surface area contributed by atoms with Gasteiger partial charge in [-0.05, 0) is 30.3 Å². The molecule has 1 aromatic heterocycles. The topological polar surface area (TPSA) is 64.2 Å². The van der Waals surface area contributed by atoms with E-state index in [4.69, 9.17) is 5.73 Å². The number of carbonyl (C=O) groups excluding carboxylic acids is 1. The van der Waals surface area contributed by atoms with Gasteiger partial charge >= 0.3 is 0 Å². The average molecular weight is 270 g/mol. The monoisotopic (exact) mass is 270 g/mol. The van der Waals surface area contributed by atoms with Crippen molar-refractivity contribution in [2.24, 2.45) is 12.8 Å². The number of nitrogens with two attached hydrogens (primary N) is 1. The lowest BCUT2D eigenvalue weighted by Gasteiger charge is -2.10. The summed E-state index contributed by atoms with van der Waals surface area (Å²) < 4.78 is 1.87. The molecule has 0 saturated heterocycles. The van der Waals surface area contributed by atoms with Gasteiger partial charge in [0.15, 0.2) is 0 Å². The molecular weight excluding hydrogens is 252 g/mol. The highest BCUT2D eigenvalue weighted by molar-refractivity contribution is 6.01. The van der Waals surface area contributed by atoms with Crippen LogP contribution in [0.2, 0.25) is 0 Å². The summed E-state index contributed by atoms with van der Waals surface area (Å²) in [6.07, 6.45) is 1.26. The van der Waals surface area contributed by atoms with Crippen LogP contribution < -0.4 is 10.6 Å². The molecule has 0 aliphatic carbocycles. The maximum Gasteiger partial charge on any atom is 0.231 e. The third-order valence-electron chi connectivity index (χ3n) is 3.78. The molecule has 5 heteroatoms. The molecule has 0 spiro atoms. The van der Waals surface area contributed by atoms with Crippen LogP contribution >= 0.6 is 0 Å². The standard InChI is InChI=1S/C15H18N4O/c1-18-13-4-3-10(7-11(13)8-15(18)20)14-9-12(5-6-16)17-19(14)2/h3-4,7,9H,5-6,8,16H2,1-2H3. The van der Waals surface area contributed by atoms with Crippen LogP contribution in [0.15, 0.2) is 24.3 Å². The van der Waals surface area contributed by atoms with Crippen molar-refractivity contribution in [2.45, 2.75) is 12.8 Å². The Labute approximate surface area is 118 Å². The molecule has 2 aromatic rings. The van der Waals surface area contributed by atoms with E-state index in [1.165, 1.54) is 0 Å². The Kier molecular flexibility index (Phi) is 3.06. The van der Waals surface area contributed by atoms with Crippen LogP contribution in [0.25, 0.3) is 11.3 Å². The van der Waals surface area contributed by atoms with Crippen LogP contribution in [0.4, 0.5) is 5.69 Å². The van der Waals surface area contributed by atoms with E-state index in [-0.39, 0.29) is 5.91 Å². The van der Waals surface area contributed by atoms with Crippen molar-refractivity contribution < 1.29 is 4.79 Å². The summed E-state index contributed by atoms with van der Waals surface area (Å²) >= 11 is 0. The smallest absolute Gasteiger partial charge is 0.231 e. The lowest BCUT2D eigenvalue weighted by molar-refractivity contribution is -0.117. The van der Waals surface area contributed by atoms with Gasteiger partial charge in [0, 0.05) is 31.8 Å². The first-order chi connectivity index (χ1) is 9.60. The molecule has 104 valence electrons. The van der Waals surface area contributed by atoms with E-state index >= 15 is 0 Å². The van der Waals surface area contributed by atoms with Crippen molar-refractivity contribution in [3.05, 3.63) is 35.5 Å². The van der Waals surface area contributed by atoms with Gasteiger partial charge in [-0.3, -0.25) is 9.48 Å². The highest BCUT2D eigenvalue weighted by Crippen LogP contribution is 2.32. The van der Waals surface area contributed by atoms with Gasteiger partial charge < -0.3 is 10.6 Å². The molecule has 1 amide bonds. The van der Waals surface area contributed by atoms with Crippen LogP contribution in [0.1, 0.15) is 11.3 Å². The van der Waals surface area contributed by atoms with Crippen LogP contribution in [0.3, 0.4) is 0 Å². The number of aryl methyl sites for hydroxylation is 1. The van der Waals surface area contributed by atoms with Gasteiger partial charge in [0.25, 0.3) is 0 Å². The third-order valence-corrected chi connectivity index (χ3v) is 3.78. The number of benzene rings is 1. The molecule has 5 nitrogen and oxygen atoms in total. The predicted molar refractivity (Wildman–Crippen MR) is 78.5 cm³/mol. The molecule has 2 heterocycles. The summed E-state index contributed by atoms with van der Waals surface area (Å²) in [4.78, 5) is 13.4. The number of carbonyl (C=O) groups is 1.